The number of aryl methyl sites for hydroxylation is 2. The topological polar surface area (TPSA) is 83.8 Å². The number of amides is 2. The van der Waals surface area contributed by atoms with E-state index in [1.807, 2.05) is 54.0 Å². The van der Waals surface area contributed by atoms with Crippen LogP contribution in [0.5, 0.6) is 0 Å². The van der Waals surface area contributed by atoms with Gasteiger partial charge in [0.05, 0.1) is 19.1 Å². The second kappa shape index (κ2) is 13.7. The molecule has 2 amide bonds. The lowest BCUT2D eigenvalue weighted by Gasteiger charge is -2.35. The average molecular weight is 653 g/mol. The normalized spacial score (nSPS) is 20.0. The summed E-state index contributed by atoms with van der Waals surface area (Å²) < 4.78 is 11.0. The molecule has 0 spiro atoms. The van der Waals surface area contributed by atoms with E-state index in [1.165, 1.54) is 55.7 Å². The maximum Gasteiger partial charge on any atom is 0.410 e. The van der Waals surface area contributed by atoms with Gasteiger partial charge in [-0.25, -0.2) is 9.59 Å². The van der Waals surface area contributed by atoms with E-state index < -0.39 is 11.2 Å². The smallest absolute Gasteiger partial charge is 0.410 e. The van der Waals surface area contributed by atoms with Crippen LogP contribution in [0.3, 0.4) is 0 Å². The summed E-state index contributed by atoms with van der Waals surface area (Å²) in [5, 5.41) is 0. The van der Waals surface area contributed by atoms with E-state index in [0.717, 1.165) is 25.9 Å². The van der Waals surface area contributed by atoms with Crippen LogP contribution in [0.4, 0.5) is 9.59 Å². The number of benzene rings is 2. The van der Waals surface area contributed by atoms with Gasteiger partial charge < -0.3 is 19.3 Å². The van der Waals surface area contributed by atoms with Crippen molar-refractivity contribution in [1.82, 2.24) is 9.80 Å². The fourth-order valence-electron chi connectivity index (χ4n) is 6.65. The molecular weight excluding hydrogens is 600 g/mol. The first kappa shape index (κ1) is 35.1. The minimum atomic E-state index is -0.461. The van der Waals surface area contributed by atoms with Crippen LogP contribution in [0.15, 0.2) is 46.4 Å². The van der Waals surface area contributed by atoms with E-state index >= 15 is 0 Å². The molecule has 0 fully saturated rings. The van der Waals surface area contributed by atoms with E-state index in [1.54, 1.807) is 9.80 Å². The van der Waals surface area contributed by atoms with Gasteiger partial charge in [0.25, 0.3) is 0 Å². The summed E-state index contributed by atoms with van der Waals surface area (Å²) in [7, 11) is 0. The molecule has 4 aliphatic heterocycles. The average Bonchev–Trinajstić information content (AvgIpc) is 3.63. The fraction of sp³-hybridized carbons (Fsp3) is 0.500. The molecule has 0 saturated carbocycles. The number of rotatable bonds is 2. The molecule has 256 valence electrons. The maximum absolute atomic E-state index is 12.3. The van der Waals surface area contributed by atoms with E-state index in [4.69, 9.17) is 9.47 Å². The Labute approximate surface area is 286 Å². The van der Waals surface area contributed by atoms with Gasteiger partial charge in [0.1, 0.15) is 11.2 Å². The lowest BCUT2D eigenvalue weighted by molar-refractivity contribution is 0.0191. The van der Waals surface area contributed by atoms with Crippen LogP contribution < -0.4 is 0 Å². The monoisotopic (exact) mass is 652 g/mol. The molecule has 2 aromatic rings. The van der Waals surface area contributed by atoms with Crippen molar-refractivity contribution in [3.63, 3.8) is 0 Å². The Bertz CT molecular complexity index is 1680. The second-order valence-electron chi connectivity index (χ2n) is 15.4. The van der Waals surface area contributed by atoms with Crippen molar-refractivity contribution in [2.75, 3.05) is 13.1 Å². The third-order valence-corrected chi connectivity index (χ3v) is 9.04. The quantitative estimate of drug-likeness (QED) is 0.325. The van der Waals surface area contributed by atoms with Gasteiger partial charge in [0.2, 0.25) is 0 Å². The van der Waals surface area contributed by atoms with Crippen molar-refractivity contribution in [3.8, 4) is 0 Å². The van der Waals surface area contributed by atoms with E-state index in [-0.39, 0.29) is 24.3 Å². The molecule has 0 aromatic heterocycles. The summed E-state index contributed by atoms with van der Waals surface area (Å²) in [6.45, 7) is 22.7. The van der Waals surface area contributed by atoms with Crippen molar-refractivity contribution in [3.05, 3.63) is 80.9 Å². The van der Waals surface area contributed by atoms with Crippen LogP contribution in [0.2, 0.25) is 0 Å². The minimum Gasteiger partial charge on any atom is -0.444 e. The largest absolute Gasteiger partial charge is 0.444 e. The first-order chi connectivity index (χ1) is 22.5. The molecule has 0 saturated heterocycles. The molecule has 0 bridgehead atoms. The first-order valence-electron chi connectivity index (χ1n) is 17.2. The van der Waals surface area contributed by atoms with Crippen LogP contribution in [-0.4, -0.2) is 70.8 Å². The number of carbonyl (C=O) groups is 2. The van der Waals surface area contributed by atoms with Gasteiger partial charge in [-0.2, -0.15) is 0 Å². The van der Waals surface area contributed by atoms with Gasteiger partial charge in [-0.3, -0.25) is 9.98 Å². The van der Waals surface area contributed by atoms with Gasteiger partial charge >= 0.3 is 12.2 Å². The van der Waals surface area contributed by atoms with Gasteiger partial charge in [0.15, 0.2) is 0 Å². The summed E-state index contributed by atoms with van der Waals surface area (Å²) in [5.74, 6) is 0. The summed E-state index contributed by atoms with van der Waals surface area (Å²) in [6, 6.07) is 9.12. The zero-order valence-corrected chi connectivity index (χ0v) is 30.4. The molecule has 0 radical (unpaired) electrons. The SMILES string of the molecule is Cc1cc2c(cc1C1=CC(C)N(C(=O)OC(C)(C)C)CC1)CN=C2.Cc1cc2c(cc1C1=CCN(C(=O)OC(C)(C)C)C(C)C1)CN=C2. The molecule has 4 aliphatic rings. The van der Waals surface area contributed by atoms with Crippen molar-refractivity contribution < 1.29 is 19.1 Å². The van der Waals surface area contributed by atoms with Crippen molar-refractivity contribution in [1.29, 1.82) is 0 Å². The number of fused-ring (bicyclic) bond motifs is 2. The van der Waals surface area contributed by atoms with Gasteiger partial charge in [-0.05, 0) is 162 Å². The van der Waals surface area contributed by atoms with Crippen molar-refractivity contribution in [2.45, 2.75) is 118 Å². The lowest BCUT2D eigenvalue weighted by atomic mass is 9.90. The van der Waals surface area contributed by atoms with Gasteiger partial charge in [-0.1, -0.05) is 12.2 Å². The number of carbonyl (C=O) groups excluding carboxylic acids is 2. The fourth-order valence-corrected chi connectivity index (χ4v) is 6.65. The van der Waals surface area contributed by atoms with E-state index in [2.05, 4.69) is 74.1 Å². The standard InChI is InChI=1S/2C20H26N2O2/c2*1-13-8-16-11-21-12-17(16)10-18(13)15-6-7-22(14(2)9-15)19(23)24-20(3,4)5/h8-11,14H,6-7,12H2,1-5H3;6,8,10-11,14H,7,9,12H2,1-5H3. The van der Waals surface area contributed by atoms with E-state index in [9.17, 15) is 9.59 Å². The second-order valence-corrected chi connectivity index (χ2v) is 15.4. The number of aliphatic imine (C=N–C) groups is 2. The zero-order valence-electron chi connectivity index (χ0n) is 30.4. The number of hydrogen-bond donors (Lipinski definition) is 0. The summed E-state index contributed by atoms with van der Waals surface area (Å²) in [5.41, 5.74) is 11.9. The Hall–Kier alpha value is -4.20. The Balaban J connectivity index is 0.000000188. The van der Waals surface area contributed by atoms with Crippen LogP contribution in [-0.2, 0) is 22.6 Å². The van der Waals surface area contributed by atoms with E-state index in [0.29, 0.717) is 13.1 Å². The van der Waals surface area contributed by atoms with Gasteiger partial charge in [-0.15, -0.1) is 0 Å². The third kappa shape index (κ3) is 8.26. The molecule has 48 heavy (non-hydrogen) atoms. The molecule has 8 nitrogen and oxygen atoms in total. The third-order valence-electron chi connectivity index (χ3n) is 9.04. The van der Waals surface area contributed by atoms with Crippen LogP contribution in [0, 0.1) is 13.8 Å². The van der Waals surface area contributed by atoms with Crippen LogP contribution in [0.1, 0.15) is 113 Å². The Morgan fingerprint density at radius 2 is 1.25 bits per heavy atom. The highest BCUT2D eigenvalue weighted by Crippen LogP contribution is 2.33. The minimum absolute atomic E-state index is 0.0347. The molecule has 2 aromatic carbocycles. The molecule has 2 unspecified atom stereocenters. The summed E-state index contributed by atoms with van der Waals surface area (Å²) in [4.78, 5) is 37.0. The maximum atomic E-state index is 12.3. The number of nitrogens with zero attached hydrogens (tertiary/aromatic N) is 4. The lowest BCUT2D eigenvalue weighted by Crippen LogP contribution is -2.44. The predicted octanol–water partition coefficient (Wildman–Crippen LogP) is 8.68. The Morgan fingerprint density at radius 1 is 0.750 bits per heavy atom. The zero-order chi connectivity index (χ0) is 35.0. The summed E-state index contributed by atoms with van der Waals surface area (Å²) in [6.07, 6.45) is 9.49. The van der Waals surface area contributed by atoms with Crippen molar-refractivity contribution in [2.24, 2.45) is 9.98 Å². The van der Waals surface area contributed by atoms with Gasteiger partial charge in [0, 0.05) is 31.6 Å². The molecular formula is C40H52N4O4. The highest BCUT2D eigenvalue weighted by Gasteiger charge is 2.30. The highest BCUT2D eigenvalue weighted by molar-refractivity contribution is 5.87. The van der Waals surface area contributed by atoms with Crippen LogP contribution >= 0.6 is 0 Å². The molecule has 0 aliphatic carbocycles. The Morgan fingerprint density at radius 3 is 1.73 bits per heavy atom. The predicted molar refractivity (Wildman–Crippen MR) is 195 cm³/mol. The van der Waals surface area contributed by atoms with Crippen molar-refractivity contribution >= 4 is 35.8 Å². The summed E-state index contributed by atoms with van der Waals surface area (Å²) >= 11 is 0. The number of hydrogen-bond acceptors (Lipinski definition) is 6. The highest BCUT2D eigenvalue weighted by atomic mass is 16.6. The first-order valence-corrected chi connectivity index (χ1v) is 17.2. The van der Waals surface area contributed by atoms with Crippen LogP contribution in [0.25, 0.3) is 11.1 Å². The molecule has 6 rings (SSSR count). The number of ether oxygens (including phenoxy) is 2. The Kier molecular flexibility index (Phi) is 10.0. The molecule has 0 N–H and O–H groups in total. The molecule has 8 heteroatoms. The molecule has 2 atom stereocenters. The molecule has 4 heterocycles.